The summed E-state index contributed by atoms with van der Waals surface area (Å²) >= 11 is 0. The van der Waals surface area contributed by atoms with Crippen molar-refractivity contribution in [1.29, 1.82) is 0 Å². The summed E-state index contributed by atoms with van der Waals surface area (Å²) in [6.45, 7) is 2.97. The van der Waals surface area contributed by atoms with Crippen LogP contribution in [0.5, 0.6) is 0 Å². The maximum Gasteiger partial charge on any atom is 0.254 e. The lowest BCUT2D eigenvalue weighted by Gasteiger charge is -2.21. The lowest BCUT2D eigenvalue weighted by Crippen LogP contribution is -2.31. The summed E-state index contributed by atoms with van der Waals surface area (Å²) in [5.74, 6) is 0.886. The van der Waals surface area contributed by atoms with Gasteiger partial charge in [0.1, 0.15) is 13.2 Å². The van der Waals surface area contributed by atoms with Crippen molar-refractivity contribution in [3.63, 3.8) is 0 Å². The molecule has 0 spiro atoms. The summed E-state index contributed by atoms with van der Waals surface area (Å²) in [6, 6.07) is 15.5. The summed E-state index contributed by atoms with van der Waals surface area (Å²) in [4.78, 5) is 26.6. The molecule has 0 saturated carbocycles. The zero-order valence-electron chi connectivity index (χ0n) is 18.8. The van der Waals surface area contributed by atoms with Crippen molar-refractivity contribution in [2.24, 2.45) is 5.16 Å². The van der Waals surface area contributed by atoms with E-state index < -0.39 is 0 Å². The van der Waals surface area contributed by atoms with Crippen molar-refractivity contribution >= 4 is 11.6 Å². The highest BCUT2D eigenvalue weighted by molar-refractivity contribution is 6.00. The fourth-order valence-corrected chi connectivity index (χ4v) is 3.94. The Labute approximate surface area is 187 Å². The van der Waals surface area contributed by atoms with E-state index in [1.807, 2.05) is 55.4 Å². The SMILES string of the molecule is CO/N=C1/CC(c2noc(CN(C)C)n2)N(C(=O)c2ccc(-c3ccccc3C)cc2)C1. The summed E-state index contributed by atoms with van der Waals surface area (Å²) in [6.07, 6.45) is 0.502. The van der Waals surface area contributed by atoms with E-state index in [4.69, 9.17) is 9.36 Å². The number of nitrogens with zero attached hydrogens (tertiary/aromatic N) is 5. The third kappa shape index (κ3) is 4.55. The molecule has 1 unspecified atom stereocenters. The minimum atomic E-state index is -0.355. The molecular weight excluding hydrogens is 406 g/mol. The van der Waals surface area contributed by atoms with E-state index in [-0.39, 0.29) is 11.9 Å². The second-order valence-electron chi connectivity index (χ2n) is 8.17. The highest BCUT2D eigenvalue weighted by atomic mass is 16.6. The van der Waals surface area contributed by atoms with Crippen LogP contribution in [0, 0.1) is 6.92 Å². The van der Waals surface area contributed by atoms with Gasteiger partial charge in [-0.05, 0) is 49.8 Å². The van der Waals surface area contributed by atoms with Gasteiger partial charge in [0.05, 0.1) is 18.8 Å². The zero-order valence-corrected chi connectivity index (χ0v) is 18.8. The van der Waals surface area contributed by atoms with E-state index in [1.165, 1.54) is 12.7 Å². The number of carbonyl (C=O) groups is 1. The molecule has 4 rings (SSSR count). The Morgan fingerprint density at radius 1 is 1.22 bits per heavy atom. The van der Waals surface area contributed by atoms with Crippen molar-refractivity contribution in [1.82, 2.24) is 19.9 Å². The second-order valence-corrected chi connectivity index (χ2v) is 8.17. The highest BCUT2D eigenvalue weighted by Crippen LogP contribution is 2.31. The van der Waals surface area contributed by atoms with Crippen LogP contribution in [-0.2, 0) is 11.4 Å². The molecule has 1 atom stereocenters. The first-order valence-corrected chi connectivity index (χ1v) is 10.5. The maximum absolute atomic E-state index is 13.4. The van der Waals surface area contributed by atoms with Gasteiger partial charge in [-0.2, -0.15) is 4.98 Å². The molecule has 2 aromatic carbocycles. The molecule has 1 saturated heterocycles. The first-order valence-electron chi connectivity index (χ1n) is 10.5. The minimum Gasteiger partial charge on any atom is -0.399 e. The van der Waals surface area contributed by atoms with Gasteiger partial charge in [-0.15, -0.1) is 0 Å². The zero-order chi connectivity index (χ0) is 22.7. The third-order valence-corrected chi connectivity index (χ3v) is 5.46. The highest BCUT2D eigenvalue weighted by Gasteiger charge is 2.38. The Hall–Kier alpha value is -3.52. The van der Waals surface area contributed by atoms with Crippen LogP contribution in [0.1, 0.15) is 40.1 Å². The number of hydrogen-bond donors (Lipinski definition) is 0. The number of likely N-dealkylation sites (tertiary alicyclic amines) is 1. The van der Waals surface area contributed by atoms with Gasteiger partial charge in [0.2, 0.25) is 5.89 Å². The molecule has 1 amide bonds. The van der Waals surface area contributed by atoms with E-state index in [2.05, 4.69) is 34.4 Å². The smallest absolute Gasteiger partial charge is 0.254 e. The molecule has 1 fully saturated rings. The van der Waals surface area contributed by atoms with Gasteiger partial charge in [-0.1, -0.05) is 46.7 Å². The predicted molar refractivity (Wildman–Crippen MR) is 121 cm³/mol. The molecule has 1 aromatic heterocycles. The van der Waals surface area contributed by atoms with Crippen LogP contribution in [-0.4, -0.2) is 59.3 Å². The Kier molecular flexibility index (Phi) is 6.32. The first kappa shape index (κ1) is 21.7. The Morgan fingerprint density at radius 3 is 2.66 bits per heavy atom. The van der Waals surface area contributed by atoms with Crippen molar-refractivity contribution in [2.45, 2.75) is 25.9 Å². The maximum atomic E-state index is 13.4. The number of benzene rings is 2. The quantitative estimate of drug-likeness (QED) is 0.551. The second kappa shape index (κ2) is 9.32. The minimum absolute atomic E-state index is 0.105. The number of aromatic nitrogens is 2. The average molecular weight is 434 g/mol. The van der Waals surface area contributed by atoms with E-state index in [0.717, 1.165) is 16.8 Å². The largest absolute Gasteiger partial charge is 0.399 e. The number of rotatable bonds is 6. The molecule has 0 bridgehead atoms. The fraction of sp³-hybridized carbons (Fsp3) is 0.333. The molecule has 8 nitrogen and oxygen atoms in total. The van der Waals surface area contributed by atoms with Crippen molar-refractivity contribution in [3.05, 3.63) is 71.4 Å². The van der Waals surface area contributed by atoms with Gasteiger partial charge in [-0.3, -0.25) is 4.79 Å². The van der Waals surface area contributed by atoms with Crippen molar-refractivity contribution in [3.8, 4) is 11.1 Å². The summed E-state index contributed by atoms with van der Waals surface area (Å²) in [5, 5.41) is 8.21. The molecule has 2 heterocycles. The molecule has 3 aromatic rings. The van der Waals surface area contributed by atoms with Crippen LogP contribution < -0.4 is 0 Å². The Morgan fingerprint density at radius 2 is 1.97 bits per heavy atom. The van der Waals surface area contributed by atoms with Crippen LogP contribution in [0.2, 0.25) is 0 Å². The number of aryl methyl sites for hydroxylation is 1. The van der Waals surface area contributed by atoms with Crippen molar-refractivity contribution in [2.75, 3.05) is 27.7 Å². The first-order chi connectivity index (χ1) is 15.5. The molecule has 0 N–H and O–H groups in total. The molecule has 8 heteroatoms. The number of hydrogen-bond acceptors (Lipinski definition) is 7. The molecule has 0 radical (unpaired) electrons. The van der Waals surface area contributed by atoms with Crippen LogP contribution >= 0.6 is 0 Å². The van der Waals surface area contributed by atoms with Gasteiger partial charge in [0.15, 0.2) is 5.82 Å². The van der Waals surface area contributed by atoms with E-state index in [0.29, 0.717) is 36.8 Å². The van der Waals surface area contributed by atoms with E-state index in [1.54, 1.807) is 4.90 Å². The summed E-state index contributed by atoms with van der Waals surface area (Å²) in [7, 11) is 5.36. The van der Waals surface area contributed by atoms with E-state index in [9.17, 15) is 4.79 Å². The lowest BCUT2D eigenvalue weighted by atomic mass is 9.99. The van der Waals surface area contributed by atoms with Crippen LogP contribution in [0.3, 0.4) is 0 Å². The fourth-order valence-electron chi connectivity index (χ4n) is 3.94. The van der Waals surface area contributed by atoms with Gasteiger partial charge in [0.25, 0.3) is 5.91 Å². The number of carbonyl (C=O) groups excluding carboxylic acids is 1. The lowest BCUT2D eigenvalue weighted by molar-refractivity contribution is 0.0732. The predicted octanol–water partition coefficient (Wildman–Crippen LogP) is 3.70. The van der Waals surface area contributed by atoms with Crippen LogP contribution in [0.15, 0.2) is 58.2 Å². The van der Waals surface area contributed by atoms with Gasteiger partial charge in [0, 0.05) is 12.0 Å². The number of oxime groups is 1. The van der Waals surface area contributed by atoms with Crippen LogP contribution in [0.25, 0.3) is 11.1 Å². The summed E-state index contributed by atoms with van der Waals surface area (Å²) < 4.78 is 5.38. The topological polar surface area (TPSA) is 84.1 Å². The van der Waals surface area contributed by atoms with Crippen LogP contribution in [0.4, 0.5) is 0 Å². The molecular formula is C24H27N5O3. The Balaban J connectivity index is 1.59. The standard InChI is InChI=1S/C24H27N5O3/c1-16-7-5-6-8-20(16)17-9-11-18(12-10-17)24(30)29-14-19(26-31-4)13-21(29)23-25-22(32-27-23)15-28(2)3/h5-12,21H,13-15H2,1-4H3/b26-19-. The van der Waals surface area contributed by atoms with E-state index >= 15 is 0 Å². The Bertz CT molecular complexity index is 1120. The molecule has 1 aliphatic heterocycles. The molecule has 0 aliphatic carbocycles. The normalized spacial score (nSPS) is 17.3. The molecule has 1 aliphatic rings. The van der Waals surface area contributed by atoms with Gasteiger partial charge < -0.3 is 19.2 Å². The molecule has 32 heavy (non-hydrogen) atoms. The average Bonchev–Trinajstić information content (AvgIpc) is 3.40. The van der Waals surface area contributed by atoms with Crippen molar-refractivity contribution < 1.29 is 14.2 Å². The molecule has 166 valence electrons. The van der Waals surface area contributed by atoms with Gasteiger partial charge in [-0.25, -0.2) is 0 Å². The number of amides is 1. The third-order valence-electron chi connectivity index (χ3n) is 5.46. The summed E-state index contributed by atoms with van der Waals surface area (Å²) in [5.41, 5.74) is 4.78. The van der Waals surface area contributed by atoms with Gasteiger partial charge >= 0.3 is 0 Å². The monoisotopic (exact) mass is 433 g/mol.